The lowest BCUT2D eigenvalue weighted by molar-refractivity contribution is -0.661. The van der Waals surface area contributed by atoms with E-state index in [2.05, 4.69) is 24.1 Å². The summed E-state index contributed by atoms with van der Waals surface area (Å²) in [5.41, 5.74) is 3.89. The van der Waals surface area contributed by atoms with Gasteiger partial charge in [-0.25, -0.2) is 9.37 Å². The normalized spacial score (nSPS) is 14.9. The highest BCUT2D eigenvalue weighted by atomic mass is 19.1. The average molecular weight is 368 g/mol. The number of carbonyl (C=O) groups is 1. The van der Waals surface area contributed by atoms with E-state index in [0.717, 1.165) is 43.0 Å². The van der Waals surface area contributed by atoms with Crippen LogP contribution in [0, 0.1) is 5.82 Å². The monoisotopic (exact) mass is 368 g/mol. The van der Waals surface area contributed by atoms with Gasteiger partial charge in [-0.2, -0.15) is 0 Å². The zero-order chi connectivity index (χ0) is 19.0. The van der Waals surface area contributed by atoms with Crippen LogP contribution in [0.5, 0.6) is 0 Å². The lowest BCUT2D eigenvalue weighted by Crippen LogP contribution is -2.89. The summed E-state index contributed by atoms with van der Waals surface area (Å²) in [5.74, 6) is 0.170. The average Bonchev–Trinajstić information content (AvgIpc) is 3.11. The van der Waals surface area contributed by atoms with E-state index in [1.807, 2.05) is 11.0 Å². The van der Waals surface area contributed by atoms with Gasteiger partial charge in [0.15, 0.2) is 11.3 Å². The summed E-state index contributed by atoms with van der Waals surface area (Å²) >= 11 is 0. The number of hydrogen-bond donors (Lipinski definition) is 1. The first-order chi connectivity index (χ1) is 13.0. The third kappa shape index (κ3) is 3.45. The number of pyridine rings is 1. The molecule has 1 aliphatic heterocycles. The molecule has 0 atom stereocenters. The fourth-order valence-corrected chi connectivity index (χ4v) is 3.46. The first kappa shape index (κ1) is 17.7. The van der Waals surface area contributed by atoms with Crippen molar-refractivity contribution in [3.63, 3.8) is 0 Å². The van der Waals surface area contributed by atoms with Crippen molar-refractivity contribution >= 4 is 17.0 Å². The van der Waals surface area contributed by atoms with Gasteiger partial charge in [0, 0.05) is 17.2 Å². The number of nitrogens with zero attached hydrogens (tertiary/aromatic N) is 2. The topological polar surface area (TPSA) is 63.0 Å². The predicted octanol–water partition coefficient (Wildman–Crippen LogP) is 2.78. The second kappa shape index (κ2) is 7.12. The Balaban J connectivity index is 1.78. The first-order valence-corrected chi connectivity index (χ1v) is 9.34. The van der Waals surface area contributed by atoms with Gasteiger partial charge < -0.3 is 14.6 Å². The molecule has 4 rings (SSSR count). The van der Waals surface area contributed by atoms with Gasteiger partial charge in [0.2, 0.25) is 0 Å². The lowest BCUT2D eigenvalue weighted by Gasteiger charge is -2.24. The van der Waals surface area contributed by atoms with Gasteiger partial charge >= 0.3 is 0 Å². The van der Waals surface area contributed by atoms with Crippen LogP contribution in [0.15, 0.2) is 40.8 Å². The summed E-state index contributed by atoms with van der Waals surface area (Å²) in [4.78, 5) is 19.3. The third-order valence-electron chi connectivity index (χ3n) is 4.97. The van der Waals surface area contributed by atoms with Crippen LogP contribution in [0.25, 0.3) is 22.4 Å². The molecule has 5 nitrogen and oxygen atoms in total. The SMILES string of the molecule is CC(C)c1cc(-c2ccc(F)cc2)nc2cc(C(=O)N3CC[NH2+]CC3)oc12. The molecule has 0 spiro atoms. The lowest BCUT2D eigenvalue weighted by atomic mass is 10.00. The van der Waals surface area contributed by atoms with Crippen LogP contribution in [-0.4, -0.2) is 42.0 Å². The van der Waals surface area contributed by atoms with Crippen molar-refractivity contribution in [2.45, 2.75) is 19.8 Å². The van der Waals surface area contributed by atoms with E-state index in [-0.39, 0.29) is 17.6 Å². The third-order valence-corrected chi connectivity index (χ3v) is 4.97. The molecule has 2 aromatic heterocycles. The van der Waals surface area contributed by atoms with Crippen LogP contribution in [0.4, 0.5) is 4.39 Å². The minimum atomic E-state index is -0.279. The van der Waals surface area contributed by atoms with E-state index in [0.29, 0.717) is 16.9 Å². The molecule has 3 heterocycles. The molecule has 1 aliphatic rings. The Morgan fingerprint density at radius 2 is 1.89 bits per heavy atom. The number of benzene rings is 1. The number of amides is 1. The number of furan rings is 1. The van der Waals surface area contributed by atoms with Crippen molar-refractivity contribution in [2.75, 3.05) is 26.2 Å². The molecule has 0 saturated carbocycles. The van der Waals surface area contributed by atoms with Gasteiger partial charge in [-0.05, 0) is 36.2 Å². The molecule has 0 bridgehead atoms. The molecule has 1 amide bonds. The van der Waals surface area contributed by atoms with Crippen molar-refractivity contribution in [3.05, 3.63) is 53.5 Å². The standard InChI is InChI=1S/C21H22FN3O2/c1-13(2)16-11-17(14-3-5-15(22)6-4-14)24-18-12-19(27-20(16)18)21(26)25-9-7-23-8-10-25/h3-6,11-13,23H,7-10H2,1-2H3/p+1. The Hall–Kier alpha value is -2.73. The summed E-state index contributed by atoms with van der Waals surface area (Å²) < 4.78 is 19.2. The fraction of sp³-hybridized carbons (Fsp3) is 0.333. The molecule has 1 aromatic carbocycles. The highest BCUT2D eigenvalue weighted by Crippen LogP contribution is 2.32. The molecule has 140 valence electrons. The number of halogens is 1. The van der Waals surface area contributed by atoms with Crippen LogP contribution >= 0.6 is 0 Å². The molecule has 6 heteroatoms. The van der Waals surface area contributed by atoms with E-state index in [9.17, 15) is 9.18 Å². The summed E-state index contributed by atoms with van der Waals surface area (Å²) in [6.07, 6.45) is 0. The molecular weight excluding hydrogens is 345 g/mol. The number of fused-ring (bicyclic) bond motifs is 1. The molecule has 0 unspecified atom stereocenters. The summed E-state index contributed by atoms with van der Waals surface area (Å²) in [6.45, 7) is 7.43. The number of rotatable bonds is 3. The molecule has 0 radical (unpaired) electrons. The molecule has 1 saturated heterocycles. The minimum absolute atomic E-state index is 0.0841. The largest absolute Gasteiger partial charge is 0.449 e. The second-order valence-corrected chi connectivity index (χ2v) is 7.24. The number of nitrogens with two attached hydrogens (primary N) is 1. The maximum absolute atomic E-state index is 13.3. The van der Waals surface area contributed by atoms with Gasteiger partial charge in [0.1, 0.15) is 11.3 Å². The molecule has 1 fully saturated rings. The molecule has 2 N–H and O–H groups in total. The minimum Gasteiger partial charge on any atom is -0.449 e. The quantitative estimate of drug-likeness (QED) is 0.773. The van der Waals surface area contributed by atoms with Crippen molar-refractivity contribution in [1.29, 1.82) is 0 Å². The molecular formula is C21H23FN3O2+. The van der Waals surface area contributed by atoms with Gasteiger partial charge in [-0.1, -0.05) is 13.8 Å². The van der Waals surface area contributed by atoms with E-state index in [1.165, 1.54) is 12.1 Å². The molecule has 3 aromatic rings. The Morgan fingerprint density at radius 1 is 1.19 bits per heavy atom. The maximum Gasteiger partial charge on any atom is 0.290 e. The summed E-state index contributed by atoms with van der Waals surface area (Å²) in [6, 6.07) is 9.97. The van der Waals surface area contributed by atoms with E-state index in [4.69, 9.17) is 4.42 Å². The highest BCUT2D eigenvalue weighted by molar-refractivity contribution is 5.96. The Morgan fingerprint density at radius 3 is 2.56 bits per heavy atom. The van der Waals surface area contributed by atoms with Crippen molar-refractivity contribution in [3.8, 4) is 11.3 Å². The number of piperazine rings is 1. The zero-order valence-corrected chi connectivity index (χ0v) is 15.5. The smallest absolute Gasteiger partial charge is 0.290 e. The van der Waals surface area contributed by atoms with Gasteiger partial charge in [0.05, 0.1) is 31.9 Å². The van der Waals surface area contributed by atoms with Gasteiger partial charge in [-0.15, -0.1) is 0 Å². The number of quaternary nitrogens is 1. The number of carbonyl (C=O) groups excluding carboxylic acids is 1. The summed E-state index contributed by atoms with van der Waals surface area (Å²) in [5, 5.41) is 2.20. The van der Waals surface area contributed by atoms with Gasteiger partial charge in [-0.3, -0.25) is 4.79 Å². The van der Waals surface area contributed by atoms with Crippen LogP contribution in [-0.2, 0) is 0 Å². The number of hydrogen-bond acceptors (Lipinski definition) is 3. The zero-order valence-electron chi connectivity index (χ0n) is 15.5. The Bertz CT molecular complexity index is 973. The van der Waals surface area contributed by atoms with Crippen LogP contribution < -0.4 is 5.32 Å². The molecule has 27 heavy (non-hydrogen) atoms. The van der Waals surface area contributed by atoms with Crippen molar-refractivity contribution in [2.24, 2.45) is 0 Å². The van der Waals surface area contributed by atoms with Crippen molar-refractivity contribution in [1.82, 2.24) is 9.88 Å². The first-order valence-electron chi connectivity index (χ1n) is 9.34. The predicted molar refractivity (Wildman–Crippen MR) is 101 cm³/mol. The highest BCUT2D eigenvalue weighted by Gasteiger charge is 2.24. The van der Waals surface area contributed by atoms with Crippen LogP contribution in [0.2, 0.25) is 0 Å². The second-order valence-electron chi connectivity index (χ2n) is 7.24. The Labute approximate surface area is 157 Å². The van der Waals surface area contributed by atoms with Gasteiger partial charge in [0.25, 0.3) is 5.91 Å². The molecule has 0 aliphatic carbocycles. The van der Waals surface area contributed by atoms with Crippen LogP contribution in [0.3, 0.4) is 0 Å². The fourth-order valence-electron chi connectivity index (χ4n) is 3.46. The summed E-state index contributed by atoms with van der Waals surface area (Å²) in [7, 11) is 0. The van der Waals surface area contributed by atoms with E-state index >= 15 is 0 Å². The van der Waals surface area contributed by atoms with Crippen molar-refractivity contribution < 1.29 is 18.9 Å². The Kier molecular flexibility index (Phi) is 4.66. The maximum atomic E-state index is 13.3. The number of aromatic nitrogens is 1. The van der Waals surface area contributed by atoms with Crippen LogP contribution in [0.1, 0.15) is 35.9 Å². The van der Waals surface area contributed by atoms with E-state index < -0.39 is 0 Å². The van der Waals surface area contributed by atoms with E-state index in [1.54, 1.807) is 18.2 Å².